The first-order chi connectivity index (χ1) is 13.8. The van der Waals surface area contributed by atoms with Gasteiger partial charge in [0.1, 0.15) is 12.3 Å². The lowest BCUT2D eigenvalue weighted by molar-refractivity contribution is -0.119. The van der Waals surface area contributed by atoms with Crippen LogP contribution >= 0.6 is 0 Å². The highest BCUT2D eigenvalue weighted by atomic mass is 32.2. The molecule has 0 spiro atoms. The highest BCUT2D eigenvalue weighted by Gasteiger charge is 2.21. The largest absolute Gasteiger partial charge is 0.494 e. The van der Waals surface area contributed by atoms with Crippen molar-refractivity contribution >= 4 is 21.6 Å². The number of anilines is 1. The van der Waals surface area contributed by atoms with Gasteiger partial charge in [0.2, 0.25) is 15.9 Å². The van der Waals surface area contributed by atoms with Gasteiger partial charge in [-0.05, 0) is 49.1 Å². The van der Waals surface area contributed by atoms with Crippen LogP contribution in [0, 0.1) is 5.92 Å². The molecule has 29 heavy (non-hydrogen) atoms. The van der Waals surface area contributed by atoms with Crippen LogP contribution in [0.5, 0.6) is 5.75 Å². The molecule has 0 aliphatic carbocycles. The number of carbonyl (C=O) groups excluding carboxylic acids is 1. The van der Waals surface area contributed by atoms with E-state index in [1.807, 2.05) is 25.1 Å². The number of carbonyl (C=O) groups is 1. The quantitative estimate of drug-likeness (QED) is 0.608. The van der Waals surface area contributed by atoms with Crippen LogP contribution in [0.3, 0.4) is 0 Å². The molecule has 0 bridgehead atoms. The van der Waals surface area contributed by atoms with Gasteiger partial charge < -0.3 is 10.1 Å². The zero-order chi connectivity index (χ0) is 21.3. The molecule has 2 rings (SSSR count). The van der Waals surface area contributed by atoms with Gasteiger partial charge >= 0.3 is 0 Å². The Morgan fingerprint density at radius 1 is 1.07 bits per heavy atom. The summed E-state index contributed by atoms with van der Waals surface area (Å²) in [7, 11) is -3.60. The lowest BCUT2D eigenvalue weighted by atomic mass is 9.97. The molecule has 0 radical (unpaired) electrons. The van der Waals surface area contributed by atoms with Gasteiger partial charge in [-0.1, -0.05) is 43.7 Å². The standard InChI is InChI=1S/C22H30N2O4S/c1-4-18(15-19-9-7-6-8-10-19)16-23-22(25)17-24(29(3,26)27)20-11-13-21(14-12-20)28-5-2/h6-14,18H,4-5,15-17H2,1-3H3,(H,23,25). The Hall–Kier alpha value is -2.54. The Morgan fingerprint density at radius 2 is 1.72 bits per heavy atom. The van der Waals surface area contributed by atoms with Gasteiger partial charge in [-0.3, -0.25) is 9.10 Å². The van der Waals surface area contributed by atoms with E-state index in [4.69, 9.17) is 4.74 Å². The second-order valence-corrected chi connectivity index (χ2v) is 8.87. The summed E-state index contributed by atoms with van der Waals surface area (Å²) >= 11 is 0. The van der Waals surface area contributed by atoms with Crippen LogP contribution in [0.25, 0.3) is 0 Å². The van der Waals surface area contributed by atoms with E-state index < -0.39 is 10.0 Å². The van der Waals surface area contributed by atoms with E-state index in [1.54, 1.807) is 24.3 Å². The van der Waals surface area contributed by atoms with Gasteiger partial charge in [0.15, 0.2) is 0 Å². The van der Waals surface area contributed by atoms with Crippen LogP contribution in [0.1, 0.15) is 25.8 Å². The molecular formula is C22H30N2O4S. The third-order valence-corrected chi connectivity index (χ3v) is 5.80. The van der Waals surface area contributed by atoms with Crippen molar-refractivity contribution in [2.24, 2.45) is 5.92 Å². The van der Waals surface area contributed by atoms with Crippen molar-refractivity contribution in [3.8, 4) is 5.75 Å². The Labute approximate surface area is 173 Å². The monoisotopic (exact) mass is 418 g/mol. The van der Waals surface area contributed by atoms with E-state index >= 15 is 0 Å². The van der Waals surface area contributed by atoms with Crippen molar-refractivity contribution < 1.29 is 17.9 Å². The molecule has 1 N–H and O–H groups in total. The first-order valence-electron chi connectivity index (χ1n) is 9.84. The lowest BCUT2D eigenvalue weighted by Crippen LogP contribution is -2.41. The highest BCUT2D eigenvalue weighted by molar-refractivity contribution is 7.92. The number of rotatable bonds is 11. The number of hydrogen-bond donors (Lipinski definition) is 1. The SMILES string of the molecule is CCOc1ccc(N(CC(=O)NCC(CC)Cc2ccccc2)S(C)(=O)=O)cc1. The molecule has 2 aromatic rings. The molecule has 6 nitrogen and oxygen atoms in total. The third kappa shape index (κ3) is 7.42. The minimum Gasteiger partial charge on any atom is -0.494 e. The number of nitrogens with zero attached hydrogens (tertiary/aromatic N) is 1. The normalized spacial score (nSPS) is 12.2. The lowest BCUT2D eigenvalue weighted by Gasteiger charge is -2.23. The second kappa shape index (κ2) is 10.9. The van der Waals surface area contributed by atoms with Crippen LogP contribution in [-0.4, -0.2) is 40.3 Å². The maximum atomic E-state index is 12.5. The number of nitrogens with one attached hydrogen (secondary N) is 1. The van der Waals surface area contributed by atoms with Crippen molar-refractivity contribution in [1.29, 1.82) is 0 Å². The third-order valence-electron chi connectivity index (χ3n) is 4.66. The Balaban J connectivity index is 1.99. The fraction of sp³-hybridized carbons (Fsp3) is 0.409. The molecule has 0 aromatic heterocycles. The van der Waals surface area contributed by atoms with Crippen molar-refractivity contribution in [2.75, 3.05) is 30.3 Å². The van der Waals surface area contributed by atoms with Gasteiger partial charge in [-0.25, -0.2) is 8.42 Å². The van der Waals surface area contributed by atoms with E-state index in [0.29, 0.717) is 30.5 Å². The molecule has 0 aliphatic rings. The molecule has 1 atom stereocenters. The highest BCUT2D eigenvalue weighted by Crippen LogP contribution is 2.21. The van der Waals surface area contributed by atoms with Crippen molar-refractivity contribution in [2.45, 2.75) is 26.7 Å². The average molecular weight is 419 g/mol. The summed E-state index contributed by atoms with van der Waals surface area (Å²) in [5.74, 6) is 0.621. The molecule has 7 heteroatoms. The zero-order valence-corrected chi connectivity index (χ0v) is 18.1. The Kier molecular flexibility index (Phi) is 8.51. The molecule has 1 amide bonds. The first-order valence-corrected chi connectivity index (χ1v) is 11.7. The summed E-state index contributed by atoms with van der Waals surface area (Å²) < 4.78 is 30.9. The molecule has 158 valence electrons. The molecule has 0 fully saturated rings. The number of sulfonamides is 1. The van der Waals surface area contributed by atoms with Gasteiger partial charge in [-0.15, -0.1) is 0 Å². The number of ether oxygens (including phenoxy) is 1. The zero-order valence-electron chi connectivity index (χ0n) is 17.3. The molecular weight excluding hydrogens is 388 g/mol. The number of amides is 1. The van der Waals surface area contributed by atoms with Gasteiger partial charge in [-0.2, -0.15) is 0 Å². The van der Waals surface area contributed by atoms with Gasteiger partial charge in [0.05, 0.1) is 18.6 Å². The summed E-state index contributed by atoms with van der Waals surface area (Å²) in [6, 6.07) is 16.8. The molecule has 0 saturated carbocycles. The number of benzene rings is 2. The van der Waals surface area contributed by atoms with E-state index in [9.17, 15) is 13.2 Å². The smallest absolute Gasteiger partial charge is 0.240 e. The number of hydrogen-bond acceptors (Lipinski definition) is 4. The van der Waals surface area contributed by atoms with Crippen molar-refractivity contribution in [3.05, 3.63) is 60.2 Å². The van der Waals surface area contributed by atoms with Crippen molar-refractivity contribution in [3.63, 3.8) is 0 Å². The topological polar surface area (TPSA) is 75.7 Å². The molecule has 0 aliphatic heterocycles. The fourth-order valence-corrected chi connectivity index (χ4v) is 3.88. The minimum absolute atomic E-state index is 0.255. The maximum absolute atomic E-state index is 12.5. The summed E-state index contributed by atoms with van der Waals surface area (Å²) in [6.07, 6.45) is 2.89. The summed E-state index contributed by atoms with van der Waals surface area (Å²) in [5.41, 5.74) is 1.66. The second-order valence-electron chi connectivity index (χ2n) is 6.96. The van der Waals surface area contributed by atoms with E-state index in [0.717, 1.165) is 23.4 Å². The van der Waals surface area contributed by atoms with E-state index in [1.165, 1.54) is 5.56 Å². The maximum Gasteiger partial charge on any atom is 0.240 e. The van der Waals surface area contributed by atoms with Crippen LogP contribution in [-0.2, 0) is 21.2 Å². The predicted molar refractivity (Wildman–Crippen MR) is 117 cm³/mol. The summed E-state index contributed by atoms with van der Waals surface area (Å²) in [5, 5.41) is 2.89. The summed E-state index contributed by atoms with van der Waals surface area (Å²) in [6.45, 7) is 4.74. The molecule has 0 heterocycles. The molecule has 1 unspecified atom stereocenters. The van der Waals surface area contributed by atoms with Crippen LogP contribution < -0.4 is 14.4 Å². The van der Waals surface area contributed by atoms with E-state index in [-0.39, 0.29) is 12.5 Å². The van der Waals surface area contributed by atoms with E-state index in [2.05, 4.69) is 24.4 Å². The van der Waals surface area contributed by atoms with Gasteiger partial charge in [0.25, 0.3) is 0 Å². The fourth-order valence-electron chi connectivity index (χ4n) is 3.03. The minimum atomic E-state index is -3.60. The predicted octanol–water partition coefficient (Wildman–Crippen LogP) is 3.24. The average Bonchev–Trinajstić information content (AvgIpc) is 2.70. The van der Waals surface area contributed by atoms with Crippen molar-refractivity contribution in [1.82, 2.24) is 5.32 Å². The van der Waals surface area contributed by atoms with Crippen LogP contribution in [0.15, 0.2) is 54.6 Å². The molecule has 2 aromatic carbocycles. The van der Waals surface area contributed by atoms with Crippen LogP contribution in [0.2, 0.25) is 0 Å². The van der Waals surface area contributed by atoms with Crippen LogP contribution in [0.4, 0.5) is 5.69 Å². The molecule has 0 saturated heterocycles. The first kappa shape index (κ1) is 22.7. The Morgan fingerprint density at radius 3 is 2.28 bits per heavy atom. The van der Waals surface area contributed by atoms with Gasteiger partial charge in [0, 0.05) is 6.54 Å². The summed E-state index contributed by atoms with van der Waals surface area (Å²) in [4.78, 5) is 12.5. The Bertz CT molecular complexity index is 867.